The van der Waals surface area contributed by atoms with Gasteiger partial charge in [-0.15, -0.1) is 0 Å². The molecule has 0 saturated carbocycles. The summed E-state index contributed by atoms with van der Waals surface area (Å²) in [6, 6.07) is 4.96. The average molecular weight is 364 g/mol. The van der Waals surface area contributed by atoms with Crippen molar-refractivity contribution in [2.24, 2.45) is 0 Å². The third kappa shape index (κ3) is 2.80. The van der Waals surface area contributed by atoms with Crippen LogP contribution in [0.5, 0.6) is 5.75 Å². The van der Waals surface area contributed by atoms with Crippen LogP contribution in [0.1, 0.15) is 17.5 Å². The quantitative estimate of drug-likeness (QED) is 0.535. The van der Waals surface area contributed by atoms with Gasteiger partial charge in [0.1, 0.15) is 35.7 Å². The summed E-state index contributed by atoms with van der Waals surface area (Å²) in [5.41, 5.74) is 1.74. The first-order valence-corrected chi connectivity index (χ1v) is 8.55. The predicted molar refractivity (Wildman–Crippen MR) is 88.9 cm³/mol. The lowest BCUT2D eigenvalue weighted by atomic mass is 9.99. The van der Waals surface area contributed by atoms with Crippen LogP contribution in [-0.2, 0) is 17.6 Å². The Morgan fingerprint density at radius 3 is 2.62 bits per heavy atom. The smallest absolute Gasteiger partial charge is 0.339 e. The van der Waals surface area contributed by atoms with Gasteiger partial charge in [0.15, 0.2) is 0 Å². The Morgan fingerprint density at radius 2 is 1.85 bits per heavy atom. The molecule has 0 spiro atoms. The molecule has 0 radical (unpaired) electrons. The molecule has 0 bridgehead atoms. The molecule has 0 unspecified atom stereocenters. The molecule has 8 heteroatoms. The van der Waals surface area contributed by atoms with Gasteiger partial charge in [0.25, 0.3) is 0 Å². The van der Waals surface area contributed by atoms with Crippen LogP contribution in [0, 0.1) is 0 Å². The second-order valence-corrected chi connectivity index (χ2v) is 6.67. The van der Waals surface area contributed by atoms with E-state index in [-0.39, 0.29) is 11.4 Å². The highest BCUT2D eigenvalue weighted by Crippen LogP contribution is 2.31. The summed E-state index contributed by atoms with van der Waals surface area (Å²) in [5.74, 6) is 0.267. The standard InChI is InChI=1S/C18H20O8/c19-7-13-14(20)15(21)16(22)18(26-13)24-8-4-5-10-9-2-1-3-11(9)17(23)25-12(10)6-8/h4-6,13-16,18-22H,1-3,7H2/t13-,14-,15+,16-,18+/m1/s1. The first-order valence-electron chi connectivity index (χ1n) is 8.55. The SMILES string of the molecule is O=c1oc2cc(O[C@H]3O[C@H](CO)[C@@H](O)[C@H](O)[C@H]3O)ccc2c2c1CCC2. The van der Waals surface area contributed by atoms with Crippen LogP contribution in [0.25, 0.3) is 11.0 Å². The van der Waals surface area contributed by atoms with E-state index in [1.165, 1.54) is 6.07 Å². The minimum Gasteiger partial charge on any atom is -0.462 e. The Morgan fingerprint density at radius 1 is 1.08 bits per heavy atom. The van der Waals surface area contributed by atoms with E-state index in [0.29, 0.717) is 5.58 Å². The number of aliphatic hydroxyl groups excluding tert-OH is 4. The van der Waals surface area contributed by atoms with E-state index in [9.17, 15) is 25.2 Å². The zero-order valence-corrected chi connectivity index (χ0v) is 13.9. The van der Waals surface area contributed by atoms with E-state index in [4.69, 9.17) is 13.9 Å². The summed E-state index contributed by atoms with van der Waals surface area (Å²) < 4.78 is 16.3. The highest BCUT2D eigenvalue weighted by Gasteiger charge is 2.44. The molecule has 4 N–H and O–H groups in total. The molecule has 140 valence electrons. The van der Waals surface area contributed by atoms with Gasteiger partial charge in [-0.05, 0) is 37.0 Å². The van der Waals surface area contributed by atoms with E-state index in [2.05, 4.69) is 0 Å². The van der Waals surface area contributed by atoms with E-state index < -0.39 is 37.3 Å². The molecule has 2 aromatic rings. The average Bonchev–Trinajstić information content (AvgIpc) is 3.13. The van der Waals surface area contributed by atoms with E-state index in [1.54, 1.807) is 12.1 Å². The summed E-state index contributed by atoms with van der Waals surface area (Å²) in [6.45, 7) is -0.538. The van der Waals surface area contributed by atoms with Gasteiger partial charge in [-0.25, -0.2) is 4.79 Å². The van der Waals surface area contributed by atoms with Gasteiger partial charge in [-0.2, -0.15) is 0 Å². The van der Waals surface area contributed by atoms with Crippen molar-refractivity contribution in [1.82, 2.24) is 0 Å². The molecule has 4 rings (SSSR count). The van der Waals surface area contributed by atoms with Crippen molar-refractivity contribution in [2.45, 2.75) is 50.0 Å². The predicted octanol–water partition coefficient (Wildman–Crippen LogP) is -0.540. The zero-order valence-electron chi connectivity index (χ0n) is 13.9. The van der Waals surface area contributed by atoms with Crippen molar-refractivity contribution in [3.05, 3.63) is 39.7 Å². The first kappa shape index (κ1) is 17.4. The molecule has 5 atom stereocenters. The topological polar surface area (TPSA) is 130 Å². The molecule has 0 amide bonds. The second kappa shape index (κ2) is 6.64. The number of benzene rings is 1. The Bertz CT molecular complexity index is 873. The summed E-state index contributed by atoms with van der Waals surface area (Å²) >= 11 is 0. The van der Waals surface area contributed by atoms with Crippen molar-refractivity contribution in [1.29, 1.82) is 0 Å². The molecular weight excluding hydrogens is 344 g/mol. The van der Waals surface area contributed by atoms with Crippen LogP contribution in [0.3, 0.4) is 0 Å². The fraction of sp³-hybridized carbons (Fsp3) is 0.500. The van der Waals surface area contributed by atoms with E-state index in [0.717, 1.165) is 35.8 Å². The number of aryl methyl sites for hydroxylation is 1. The Hall–Kier alpha value is -1.97. The van der Waals surface area contributed by atoms with Crippen molar-refractivity contribution >= 4 is 11.0 Å². The molecule has 26 heavy (non-hydrogen) atoms. The summed E-state index contributed by atoms with van der Waals surface area (Å²) in [7, 11) is 0. The Labute approximate surface area is 148 Å². The lowest BCUT2D eigenvalue weighted by Crippen LogP contribution is -2.60. The van der Waals surface area contributed by atoms with Crippen molar-refractivity contribution in [3.63, 3.8) is 0 Å². The number of rotatable bonds is 3. The van der Waals surface area contributed by atoms with Gasteiger partial charge in [0.2, 0.25) is 6.29 Å². The minimum atomic E-state index is -1.52. The van der Waals surface area contributed by atoms with Crippen LogP contribution >= 0.6 is 0 Å². The first-order chi connectivity index (χ1) is 12.5. The van der Waals surface area contributed by atoms with E-state index in [1.807, 2.05) is 0 Å². The maximum absolute atomic E-state index is 12.1. The number of ether oxygens (including phenoxy) is 2. The molecule has 1 aliphatic heterocycles. The number of hydrogen-bond acceptors (Lipinski definition) is 8. The summed E-state index contributed by atoms with van der Waals surface area (Å²) in [6.07, 6.45) is -4.36. The molecule has 1 saturated heterocycles. The van der Waals surface area contributed by atoms with E-state index >= 15 is 0 Å². The molecule has 8 nitrogen and oxygen atoms in total. The lowest BCUT2D eigenvalue weighted by molar-refractivity contribution is -0.277. The van der Waals surface area contributed by atoms with Gasteiger partial charge in [0.05, 0.1) is 6.61 Å². The van der Waals surface area contributed by atoms with Gasteiger partial charge >= 0.3 is 5.63 Å². The van der Waals surface area contributed by atoms with Crippen molar-refractivity contribution in [2.75, 3.05) is 6.61 Å². The number of aliphatic hydroxyl groups is 4. The normalized spacial score (nSPS) is 31.2. The highest BCUT2D eigenvalue weighted by atomic mass is 16.7. The highest BCUT2D eigenvalue weighted by molar-refractivity contribution is 5.83. The molecule has 2 heterocycles. The molecule has 1 aromatic heterocycles. The van der Waals surface area contributed by atoms with Gasteiger partial charge < -0.3 is 34.3 Å². The summed E-state index contributed by atoms with van der Waals surface area (Å²) in [4.78, 5) is 12.1. The molecule has 1 fully saturated rings. The fourth-order valence-electron chi connectivity index (χ4n) is 3.64. The van der Waals surface area contributed by atoms with Crippen molar-refractivity contribution in [3.8, 4) is 5.75 Å². The van der Waals surface area contributed by atoms with Gasteiger partial charge in [-0.3, -0.25) is 0 Å². The van der Waals surface area contributed by atoms with Crippen LogP contribution in [0.2, 0.25) is 0 Å². The number of fused-ring (bicyclic) bond motifs is 3. The molecular formula is C18H20O8. The van der Waals surface area contributed by atoms with Gasteiger partial charge in [0, 0.05) is 17.0 Å². The van der Waals surface area contributed by atoms with Crippen LogP contribution in [0.15, 0.2) is 27.4 Å². The molecule has 1 aliphatic carbocycles. The second-order valence-electron chi connectivity index (χ2n) is 6.67. The molecule has 2 aliphatic rings. The minimum absolute atomic E-state index is 0.267. The fourth-order valence-corrected chi connectivity index (χ4v) is 3.64. The third-order valence-corrected chi connectivity index (χ3v) is 5.05. The largest absolute Gasteiger partial charge is 0.462 e. The maximum Gasteiger partial charge on any atom is 0.339 e. The van der Waals surface area contributed by atoms with Crippen molar-refractivity contribution < 1.29 is 34.3 Å². The Kier molecular flexibility index (Phi) is 4.45. The zero-order chi connectivity index (χ0) is 18.4. The maximum atomic E-state index is 12.1. The monoisotopic (exact) mass is 364 g/mol. The van der Waals surface area contributed by atoms with Gasteiger partial charge in [-0.1, -0.05) is 0 Å². The van der Waals surface area contributed by atoms with Crippen LogP contribution in [-0.4, -0.2) is 57.7 Å². The molecule has 1 aromatic carbocycles. The number of hydrogen-bond donors (Lipinski definition) is 4. The third-order valence-electron chi connectivity index (χ3n) is 5.05. The summed E-state index contributed by atoms with van der Waals surface area (Å²) in [5, 5.41) is 39.8. The lowest BCUT2D eigenvalue weighted by Gasteiger charge is -2.39. The van der Waals surface area contributed by atoms with Crippen LogP contribution in [0.4, 0.5) is 0 Å². The Balaban J connectivity index is 1.63. The van der Waals surface area contributed by atoms with Crippen LogP contribution < -0.4 is 10.4 Å².